The molecule has 1 aromatic rings. The predicted octanol–water partition coefficient (Wildman–Crippen LogP) is 1.64. The van der Waals surface area contributed by atoms with E-state index in [0.29, 0.717) is 6.04 Å². The molecule has 2 saturated heterocycles. The molecule has 104 valence electrons. The monoisotopic (exact) mass is 261 g/mol. The summed E-state index contributed by atoms with van der Waals surface area (Å²) in [5, 5.41) is 9.34. The molecule has 1 aromatic heterocycles. The van der Waals surface area contributed by atoms with Gasteiger partial charge in [0.15, 0.2) is 0 Å². The van der Waals surface area contributed by atoms with Gasteiger partial charge in [0.05, 0.1) is 6.61 Å². The minimum absolute atomic E-state index is 0.277. The SMILES string of the molecule is OC[C@H]1CCCN1Cc1ccc(N2CCCC2)nc1. The number of likely N-dealkylation sites (tertiary alicyclic amines) is 1. The van der Waals surface area contributed by atoms with E-state index in [-0.39, 0.29) is 6.61 Å². The first-order valence-electron chi connectivity index (χ1n) is 7.41. The Labute approximate surface area is 115 Å². The first kappa shape index (κ1) is 12.9. The summed E-state index contributed by atoms with van der Waals surface area (Å²) in [4.78, 5) is 9.32. The van der Waals surface area contributed by atoms with Crippen molar-refractivity contribution in [3.05, 3.63) is 23.9 Å². The summed E-state index contributed by atoms with van der Waals surface area (Å²) in [6, 6.07) is 4.68. The number of pyridine rings is 1. The van der Waals surface area contributed by atoms with E-state index in [2.05, 4.69) is 26.9 Å². The van der Waals surface area contributed by atoms with Gasteiger partial charge in [-0.25, -0.2) is 4.98 Å². The zero-order chi connectivity index (χ0) is 13.1. The third-order valence-electron chi connectivity index (χ3n) is 4.33. The van der Waals surface area contributed by atoms with Gasteiger partial charge in [-0.05, 0) is 43.9 Å². The number of aliphatic hydroxyl groups is 1. The smallest absolute Gasteiger partial charge is 0.128 e. The minimum atomic E-state index is 0.277. The molecular formula is C15H23N3O. The molecule has 4 nitrogen and oxygen atoms in total. The molecule has 0 aromatic carbocycles. The summed E-state index contributed by atoms with van der Waals surface area (Å²) < 4.78 is 0. The second kappa shape index (κ2) is 5.88. The van der Waals surface area contributed by atoms with Gasteiger partial charge in [0.1, 0.15) is 5.82 Å². The van der Waals surface area contributed by atoms with Crippen LogP contribution in [0.3, 0.4) is 0 Å². The highest BCUT2D eigenvalue weighted by atomic mass is 16.3. The molecule has 4 heteroatoms. The third-order valence-corrected chi connectivity index (χ3v) is 4.33. The zero-order valence-corrected chi connectivity index (χ0v) is 11.5. The van der Waals surface area contributed by atoms with E-state index in [9.17, 15) is 5.11 Å². The van der Waals surface area contributed by atoms with Gasteiger partial charge in [0.2, 0.25) is 0 Å². The largest absolute Gasteiger partial charge is 0.395 e. The molecule has 0 radical (unpaired) electrons. The summed E-state index contributed by atoms with van der Waals surface area (Å²) >= 11 is 0. The maximum atomic E-state index is 9.34. The first-order valence-corrected chi connectivity index (χ1v) is 7.41. The molecule has 2 aliphatic heterocycles. The van der Waals surface area contributed by atoms with Gasteiger partial charge < -0.3 is 10.0 Å². The summed E-state index contributed by atoms with van der Waals surface area (Å²) in [7, 11) is 0. The van der Waals surface area contributed by atoms with Crippen LogP contribution in [0.2, 0.25) is 0 Å². The fourth-order valence-electron chi connectivity index (χ4n) is 3.19. The summed E-state index contributed by atoms with van der Waals surface area (Å²) in [6.45, 7) is 4.58. The highest BCUT2D eigenvalue weighted by Crippen LogP contribution is 2.21. The Morgan fingerprint density at radius 2 is 2.00 bits per heavy atom. The molecule has 0 amide bonds. The van der Waals surface area contributed by atoms with Crippen molar-refractivity contribution in [3.8, 4) is 0 Å². The number of rotatable bonds is 4. The highest BCUT2D eigenvalue weighted by Gasteiger charge is 2.23. The van der Waals surface area contributed by atoms with Crippen molar-refractivity contribution in [2.45, 2.75) is 38.3 Å². The standard InChI is InChI=1S/C15H23N3O/c19-12-14-4-3-9-18(14)11-13-5-6-15(16-10-13)17-7-1-2-8-17/h5-6,10,14,19H,1-4,7-9,11-12H2/t14-/m1/s1. The molecule has 0 unspecified atom stereocenters. The van der Waals surface area contributed by atoms with Crippen molar-refractivity contribution >= 4 is 5.82 Å². The Morgan fingerprint density at radius 3 is 2.68 bits per heavy atom. The van der Waals surface area contributed by atoms with Gasteiger partial charge in [-0.2, -0.15) is 0 Å². The Kier molecular flexibility index (Phi) is 3.99. The van der Waals surface area contributed by atoms with Crippen LogP contribution >= 0.6 is 0 Å². The lowest BCUT2D eigenvalue weighted by molar-refractivity contribution is 0.153. The van der Waals surface area contributed by atoms with E-state index in [0.717, 1.165) is 38.4 Å². The summed E-state index contributed by atoms with van der Waals surface area (Å²) in [5.41, 5.74) is 1.25. The van der Waals surface area contributed by atoms with Crippen molar-refractivity contribution in [3.63, 3.8) is 0 Å². The third kappa shape index (κ3) is 2.90. The van der Waals surface area contributed by atoms with Crippen LogP contribution in [0.5, 0.6) is 0 Å². The maximum absolute atomic E-state index is 9.34. The Hall–Kier alpha value is -1.13. The molecule has 3 heterocycles. The van der Waals surface area contributed by atoms with Crippen molar-refractivity contribution in [2.75, 3.05) is 31.1 Å². The lowest BCUT2D eigenvalue weighted by Gasteiger charge is -2.23. The van der Waals surface area contributed by atoms with Crippen LogP contribution in [-0.4, -0.2) is 47.3 Å². The van der Waals surface area contributed by atoms with Gasteiger partial charge >= 0.3 is 0 Å². The second-order valence-corrected chi connectivity index (χ2v) is 5.67. The molecule has 2 aliphatic rings. The number of hydrogen-bond donors (Lipinski definition) is 1. The minimum Gasteiger partial charge on any atom is -0.395 e. The highest BCUT2D eigenvalue weighted by molar-refractivity contribution is 5.40. The van der Waals surface area contributed by atoms with Gasteiger partial charge in [0, 0.05) is 31.9 Å². The van der Waals surface area contributed by atoms with Crippen LogP contribution in [-0.2, 0) is 6.54 Å². The van der Waals surface area contributed by atoms with E-state index >= 15 is 0 Å². The average molecular weight is 261 g/mol. The van der Waals surface area contributed by atoms with Crippen LogP contribution < -0.4 is 4.90 Å². The lowest BCUT2D eigenvalue weighted by Crippen LogP contribution is -2.31. The molecule has 1 atom stereocenters. The van der Waals surface area contributed by atoms with Gasteiger partial charge in [-0.1, -0.05) is 6.07 Å². The summed E-state index contributed by atoms with van der Waals surface area (Å²) in [6.07, 6.45) is 6.89. The molecule has 1 N–H and O–H groups in total. The molecule has 0 spiro atoms. The Morgan fingerprint density at radius 1 is 1.16 bits per heavy atom. The molecule has 2 fully saturated rings. The van der Waals surface area contributed by atoms with Crippen LogP contribution in [0.4, 0.5) is 5.82 Å². The molecule has 19 heavy (non-hydrogen) atoms. The van der Waals surface area contributed by atoms with E-state index in [1.165, 1.54) is 24.8 Å². The van der Waals surface area contributed by atoms with Gasteiger partial charge in [-0.3, -0.25) is 4.90 Å². The molecule has 0 saturated carbocycles. The van der Waals surface area contributed by atoms with Crippen LogP contribution in [0.15, 0.2) is 18.3 Å². The Bertz CT molecular complexity index is 400. The quantitative estimate of drug-likeness (QED) is 0.894. The van der Waals surface area contributed by atoms with Crippen LogP contribution in [0, 0.1) is 0 Å². The number of aliphatic hydroxyl groups excluding tert-OH is 1. The fourth-order valence-corrected chi connectivity index (χ4v) is 3.19. The molecular weight excluding hydrogens is 238 g/mol. The molecule has 3 rings (SSSR count). The average Bonchev–Trinajstić information content (AvgIpc) is 3.10. The normalized spacial score (nSPS) is 24.3. The fraction of sp³-hybridized carbons (Fsp3) is 0.667. The van der Waals surface area contributed by atoms with E-state index in [1.54, 1.807) is 0 Å². The lowest BCUT2D eigenvalue weighted by atomic mass is 10.2. The van der Waals surface area contributed by atoms with Crippen LogP contribution in [0.25, 0.3) is 0 Å². The molecule has 0 bridgehead atoms. The van der Waals surface area contributed by atoms with E-state index in [1.807, 2.05) is 6.20 Å². The van der Waals surface area contributed by atoms with Crippen molar-refractivity contribution < 1.29 is 5.11 Å². The van der Waals surface area contributed by atoms with Gasteiger partial charge in [-0.15, -0.1) is 0 Å². The van der Waals surface area contributed by atoms with Gasteiger partial charge in [0.25, 0.3) is 0 Å². The number of anilines is 1. The number of nitrogens with zero attached hydrogens (tertiary/aromatic N) is 3. The van der Waals surface area contributed by atoms with Crippen molar-refractivity contribution in [1.82, 2.24) is 9.88 Å². The van der Waals surface area contributed by atoms with E-state index in [4.69, 9.17) is 0 Å². The predicted molar refractivity (Wildman–Crippen MR) is 76.2 cm³/mol. The van der Waals surface area contributed by atoms with Crippen molar-refractivity contribution in [1.29, 1.82) is 0 Å². The van der Waals surface area contributed by atoms with Crippen molar-refractivity contribution in [2.24, 2.45) is 0 Å². The Balaban J connectivity index is 1.62. The maximum Gasteiger partial charge on any atom is 0.128 e. The molecule has 0 aliphatic carbocycles. The zero-order valence-electron chi connectivity index (χ0n) is 11.5. The first-order chi connectivity index (χ1) is 9.36. The number of aromatic nitrogens is 1. The topological polar surface area (TPSA) is 39.6 Å². The van der Waals surface area contributed by atoms with E-state index < -0.39 is 0 Å². The summed E-state index contributed by atoms with van der Waals surface area (Å²) in [5.74, 6) is 1.11. The second-order valence-electron chi connectivity index (χ2n) is 5.67. The van der Waals surface area contributed by atoms with Crippen LogP contribution in [0.1, 0.15) is 31.2 Å². The number of hydrogen-bond acceptors (Lipinski definition) is 4.